The standard InChI is InChI=1S/C20H22N4O8S/c1-2-32-20(27)23-11-9-22(10-12-23)19(26)14-3-5-15(6-4-14)21-33(30,31)16-7-8-18(25)17(13-16)24(28)29/h3-8,13,21,25H,2,9-12H2,1H3. The number of carbonyl (C=O) groups excluding carboxylic acids is 2. The van der Waals surface area contributed by atoms with Crippen molar-refractivity contribution in [3.8, 4) is 5.75 Å². The summed E-state index contributed by atoms with van der Waals surface area (Å²) in [5.74, 6) is -0.910. The number of benzene rings is 2. The van der Waals surface area contributed by atoms with Crippen molar-refractivity contribution in [2.75, 3.05) is 37.5 Å². The van der Waals surface area contributed by atoms with Gasteiger partial charge in [0.05, 0.1) is 16.4 Å². The first-order valence-corrected chi connectivity index (χ1v) is 11.4. The number of carbonyl (C=O) groups is 2. The van der Waals surface area contributed by atoms with E-state index in [9.17, 15) is 33.2 Å². The molecule has 2 aromatic rings. The monoisotopic (exact) mass is 478 g/mol. The average Bonchev–Trinajstić information content (AvgIpc) is 2.79. The first-order chi connectivity index (χ1) is 15.6. The number of hydrogen-bond donors (Lipinski definition) is 2. The van der Waals surface area contributed by atoms with Gasteiger partial charge in [-0.25, -0.2) is 13.2 Å². The van der Waals surface area contributed by atoms with Crippen molar-refractivity contribution in [3.05, 3.63) is 58.1 Å². The number of rotatable bonds is 6. The molecule has 0 aromatic heterocycles. The first-order valence-electron chi connectivity index (χ1n) is 9.93. The maximum absolute atomic E-state index is 12.7. The molecule has 0 unspecified atom stereocenters. The van der Waals surface area contributed by atoms with Crippen LogP contribution in [0.2, 0.25) is 0 Å². The number of nitro groups is 1. The Labute approximate surface area is 189 Å². The van der Waals surface area contributed by atoms with Crippen molar-refractivity contribution in [2.24, 2.45) is 0 Å². The number of anilines is 1. The van der Waals surface area contributed by atoms with Crippen LogP contribution in [0.15, 0.2) is 47.4 Å². The van der Waals surface area contributed by atoms with E-state index in [1.54, 1.807) is 11.8 Å². The first kappa shape index (κ1) is 23.8. The summed E-state index contributed by atoms with van der Waals surface area (Å²) in [4.78, 5) is 37.3. The van der Waals surface area contributed by atoms with Crippen LogP contribution in [0.4, 0.5) is 16.2 Å². The van der Waals surface area contributed by atoms with Crippen LogP contribution >= 0.6 is 0 Å². The second-order valence-corrected chi connectivity index (χ2v) is 8.75. The molecule has 2 aromatic carbocycles. The summed E-state index contributed by atoms with van der Waals surface area (Å²) in [7, 11) is -4.17. The Morgan fingerprint density at radius 1 is 1.09 bits per heavy atom. The number of ether oxygens (including phenoxy) is 1. The minimum Gasteiger partial charge on any atom is -0.502 e. The van der Waals surface area contributed by atoms with Crippen LogP contribution in [0.5, 0.6) is 5.75 Å². The van der Waals surface area contributed by atoms with Crippen LogP contribution < -0.4 is 4.72 Å². The molecule has 33 heavy (non-hydrogen) atoms. The summed E-state index contributed by atoms with van der Waals surface area (Å²) in [6, 6.07) is 8.43. The molecule has 3 rings (SSSR count). The smallest absolute Gasteiger partial charge is 0.409 e. The van der Waals surface area contributed by atoms with Gasteiger partial charge in [-0.3, -0.25) is 19.6 Å². The van der Waals surface area contributed by atoms with E-state index in [1.165, 1.54) is 29.2 Å². The van der Waals surface area contributed by atoms with Gasteiger partial charge in [-0.15, -0.1) is 0 Å². The van der Waals surface area contributed by atoms with Gasteiger partial charge < -0.3 is 19.6 Å². The van der Waals surface area contributed by atoms with Crippen LogP contribution in [0.25, 0.3) is 0 Å². The zero-order valence-corrected chi connectivity index (χ0v) is 18.4. The number of nitrogens with one attached hydrogen (secondary N) is 1. The highest BCUT2D eigenvalue weighted by atomic mass is 32.2. The SMILES string of the molecule is CCOC(=O)N1CCN(C(=O)c2ccc(NS(=O)(=O)c3ccc(O)c([N+](=O)[O-])c3)cc2)CC1. The predicted molar refractivity (Wildman–Crippen MR) is 117 cm³/mol. The van der Waals surface area contributed by atoms with E-state index in [2.05, 4.69) is 4.72 Å². The van der Waals surface area contributed by atoms with E-state index in [1.807, 2.05) is 0 Å². The van der Waals surface area contributed by atoms with Crippen molar-refractivity contribution in [1.82, 2.24) is 9.80 Å². The molecule has 2 amide bonds. The molecule has 1 fully saturated rings. The van der Waals surface area contributed by atoms with Crippen molar-refractivity contribution >= 4 is 33.4 Å². The summed E-state index contributed by atoms with van der Waals surface area (Å²) in [5, 5.41) is 20.4. The van der Waals surface area contributed by atoms with Gasteiger partial charge in [-0.1, -0.05) is 0 Å². The molecule has 12 nitrogen and oxygen atoms in total. The van der Waals surface area contributed by atoms with Gasteiger partial charge in [0.1, 0.15) is 0 Å². The zero-order chi connectivity index (χ0) is 24.2. The third-order valence-corrected chi connectivity index (χ3v) is 6.31. The Balaban J connectivity index is 1.66. The van der Waals surface area contributed by atoms with E-state index >= 15 is 0 Å². The lowest BCUT2D eigenvalue weighted by Gasteiger charge is -2.34. The fraction of sp³-hybridized carbons (Fsp3) is 0.300. The van der Waals surface area contributed by atoms with Crippen LogP contribution in [0, 0.1) is 10.1 Å². The maximum Gasteiger partial charge on any atom is 0.409 e. The van der Waals surface area contributed by atoms with Gasteiger partial charge >= 0.3 is 11.8 Å². The van der Waals surface area contributed by atoms with Crippen molar-refractivity contribution in [1.29, 1.82) is 0 Å². The lowest BCUT2D eigenvalue weighted by molar-refractivity contribution is -0.386. The largest absolute Gasteiger partial charge is 0.502 e. The molecule has 1 heterocycles. The van der Waals surface area contributed by atoms with E-state index < -0.39 is 37.4 Å². The van der Waals surface area contributed by atoms with Gasteiger partial charge in [0.25, 0.3) is 15.9 Å². The van der Waals surface area contributed by atoms with Crippen molar-refractivity contribution in [3.63, 3.8) is 0 Å². The number of phenols is 1. The second kappa shape index (κ2) is 9.73. The number of aromatic hydroxyl groups is 1. The number of sulfonamides is 1. The molecule has 0 radical (unpaired) electrons. The third-order valence-electron chi connectivity index (χ3n) is 4.93. The Kier molecular flexibility index (Phi) is 7.01. The van der Waals surface area contributed by atoms with Gasteiger partial charge in [0, 0.05) is 43.5 Å². The summed E-state index contributed by atoms with van der Waals surface area (Å²) < 4.78 is 32.3. The van der Waals surface area contributed by atoms with E-state index in [-0.39, 0.29) is 18.2 Å². The normalized spacial score (nSPS) is 14.0. The Morgan fingerprint density at radius 2 is 1.70 bits per heavy atom. The molecule has 0 spiro atoms. The van der Waals surface area contributed by atoms with E-state index in [0.717, 1.165) is 18.2 Å². The molecule has 2 N–H and O–H groups in total. The average molecular weight is 478 g/mol. The van der Waals surface area contributed by atoms with Gasteiger partial charge in [0.2, 0.25) is 0 Å². The molecule has 1 aliphatic heterocycles. The van der Waals surface area contributed by atoms with Crippen LogP contribution in [-0.4, -0.2) is 73.0 Å². The lowest BCUT2D eigenvalue weighted by atomic mass is 10.1. The van der Waals surface area contributed by atoms with Crippen LogP contribution in [-0.2, 0) is 14.8 Å². The highest BCUT2D eigenvalue weighted by Crippen LogP contribution is 2.29. The quantitative estimate of drug-likeness (QED) is 0.471. The Morgan fingerprint density at radius 3 is 2.27 bits per heavy atom. The highest BCUT2D eigenvalue weighted by molar-refractivity contribution is 7.92. The molecule has 1 saturated heterocycles. The topological polar surface area (TPSA) is 159 Å². The fourth-order valence-corrected chi connectivity index (χ4v) is 4.28. The minimum atomic E-state index is -4.17. The molecule has 0 atom stereocenters. The molecule has 1 aliphatic rings. The fourth-order valence-electron chi connectivity index (χ4n) is 3.20. The number of hydrogen-bond acceptors (Lipinski definition) is 8. The predicted octanol–water partition coefficient (Wildman–Crippen LogP) is 2.02. The molecular weight excluding hydrogens is 456 g/mol. The van der Waals surface area contributed by atoms with E-state index in [4.69, 9.17) is 4.74 Å². The number of nitrogens with zero attached hydrogens (tertiary/aromatic N) is 3. The highest BCUT2D eigenvalue weighted by Gasteiger charge is 2.26. The van der Waals surface area contributed by atoms with Crippen LogP contribution in [0.3, 0.4) is 0 Å². The molecular formula is C20H22N4O8S. The summed E-state index contributed by atoms with van der Waals surface area (Å²) >= 11 is 0. The number of nitro benzene ring substituents is 1. The zero-order valence-electron chi connectivity index (χ0n) is 17.6. The minimum absolute atomic E-state index is 0.148. The summed E-state index contributed by atoms with van der Waals surface area (Å²) in [6.45, 7) is 3.37. The van der Waals surface area contributed by atoms with Gasteiger partial charge in [0.15, 0.2) is 5.75 Å². The van der Waals surface area contributed by atoms with Crippen LogP contribution in [0.1, 0.15) is 17.3 Å². The van der Waals surface area contributed by atoms with E-state index in [0.29, 0.717) is 31.7 Å². The summed E-state index contributed by atoms with van der Waals surface area (Å²) in [6.07, 6.45) is -0.416. The second-order valence-electron chi connectivity index (χ2n) is 7.07. The van der Waals surface area contributed by atoms with Crippen molar-refractivity contribution < 1.29 is 32.8 Å². The third kappa shape index (κ3) is 5.49. The molecule has 0 aliphatic carbocycles. The Hall–Kier alpha value is -3.87. The van der Waals surface area contributed by atoms with Gasteiger partial charge in [-0.2, -0.15) is 0 Å². The molecule has 0 saturated carbocycles. The molecule has 0 bridgehead atoms. The summed E-state index contributed by atoms with van der Waals surface area (Å²) in [5.41, 5.74) is -0.251. The number of amides is 2. The lowest BCUT2D eigenvalue weighted by Crippen LogP contribution is -2.50. The molecule has 13 heteroatoms. The number of piperazine rings is 1. The molecule has 176 valence electrons. The van der Waals surface area contributed by atoms with Gasteiger partial charge in [-0.05, 0) is 43.3 Å². The maximum atomic E-state index is 12.7. The van der Waals surface area contributed by atoms with Crippen molar-refractivity contribution in [2.45, 2.75) is 11.8 Å². The number of phenolic OH excluding ortho intramolecular Hbond substituents is 1. The Bertz CT molecular complexity index is 1160.